The van der Waals surface area contributed by atoms with E-state index in [4.69, 9.17) is 0 Å². The van der Waals surface area contributed by atoms with Crippen LogP contribution in [0.25, 0.3) is 0 Å². The van der Waals surface area contributed by atoms with Crippen LogP contribution in [-0.2, 0) is 0 Å². The molecule has 0 radical (unpaired) electrons. The molecule has 0 spiro atoms. The molecule has 240 valence electrons. The molecular weight excluding hydrogens is 661 g/mol. The molecule has 0 saturated heterocycles. The summed E-state index contributed by atoms with van der Waals surface area (Å²) < 4.78 is 0. The summed E-state index contributed by atoms with van der Waals surface area (Å²) in [7, 11) is 0. The smallest absolute Gasteiger partial charge is 0.176 e. The van der Waals surface area contributed by atoms with Crippen LogP contribution >= 0.6 is 35.3 Å². The number of aromatic nitrogens is 12. The van der Waals surface area contributed by atoms with Gasteiger partial charge in [0.1, 0.15) is 0 Å². The fourth-order valence-electron chi connectivity index (χ4n) is 6.15. The van der Waals surface area contributed by atoms with E-state index in [1.54, 1.807) is 35.3 Å². The molecule has 7 rings (SSSR count). The van der Waals surface area contributed by atoms with Gasteiger partial charge < -0.3 is 0 Å². The summed E-state index contributed by atoms with van der Waals surface area (Å²) in [6.07, 6.45) is 0. The Bertz CT molecular complexity index is 1780. The lowest BCUT2D eigenvalue weighted by atomic mass is 9.81. The SMILES string of the molecule is Cc1c(C(Sc2nn[nH]n2)c2ccccc2)c(C)c(C(Sc2nn[nH]n2)c2ccccc2)c(C)c1C(Sc1nn[nH]n1)c1ccccc1. The van der Waals surface area contributed by atoms with Crippen molar-refractivity contribution < 1.29 is 0 Å². The number of H-pyrrole nitrogens is 3. The van der Waals surface area contributed by atoms with Crippen molar-refractivity contribution in [3.05, 3.63) is 141 Å². The Labute approximate surface area is 289 Å². The van der Waals surface area contributed by atoms with E-state index in [-0.39, 0.29) is 15.7 Å². The highest BCUT2D eigenvalue weighted by molar-refractivity contribution is 8.00. The lowest BCUT2D eigenvalue weighted by Gasteiger charge is -2.32. The number of tetrazole rings is 3. The van der Waals surface area contributed by atoms with E-state index in [1.165, 1.54) is 33.4 Å². The number of thioether (sulfide) groups is 3. The van der Waals surface area contributed by atoms with Crippen LogP contribution in [0.5, 0.6) is 0 Å². The average molecular weight is 691 g/mol. The Morgan fingerprint density at radius 1 is 0.417 bits per heavy atom. The maximum atomic E-state index is 4.35. The van der Waals surface area contributed by atoms with Gasteiger partial charge in [-0.25, -0.2) is 0 Å². The van der Waals surface area contributed by atoms with Gasteiger partial charge in [-0.2, -0.15) is 15.6 Å². The Kier molecular flexibility index (Phi) is 9.58. The normalized spacial score (nSPS) is 13.3. The first kappa shape index (κ1) is 31.7. The van der Waals surface area contributed by atoms with E-state index in [0.717, 1.165) is 16.7 Å². The van der Waals surface area contributed by atoms with Crippen LogP contribution in [0.15, 0.2) is 106 Å². The van der Waals surface area contributed by atoms with Gasteiger partial charge in [0.25, 0.3) is 0 Å². The number of nitrogens with zero attached hydrogens (tertiary/aromatic N) is 9. The van der Waals surface area contributed by atoms with Crippen molar-refractivity contribution in [1.29, 1.82) is 0 Å². The second kappa shape index (κ2) is 14.5. The summed E-state index contributed by atoms with van der Waals surface area (Å²) in [6.45, 7) is 6.66. The molecule has 7 aromatic rings. The van der Waals surface area contributed by atoms with Crippen molar-refractivity contribution in [2.24, 2.45) is 0 Å². The molecule has 0 fully saturated rings. The molecule has 0 saturated carbocycles. The van der Waals surface area contributed by atoms with Gasteiger partial charge in [-0.1, -0.05) is 126 Å². The minimum Gasteiger partial charge on any atom is -0.176 e. The van der Waals surface area contributed by atoms with Crippen LogP contribution in [0.1, 0.15) is 65.8 Å². The lowest BCUT2D eigenvalue weighted by molar-refractivity contribution is 0.881. The fourth-order valence-corrected chi connectivity index (χ4v) is 9.62. The zero-order valence-electron chi connectivity index (χ0n) is 26.1. The van der Waals surface area contributed by atoms with Gasteiger partial charge in [-0.15, -0.1) is 30.6 Å². The first-order valence-electron chi connectivity index (χ1n) is 15.1. The third kappa shape index (κ3) is 6.61. The molecule has 12 nitrogen and oxygen atoms in total. The number of benzene rings is 4. The van der Waals surface area contributed by atoms with Crippen molar-refractivity contribution in [1.82, 2.24) is 61.9 Å². The minimum absolute atomic E-state index is 0.153. The average Bonchev–Trinajstić information content (AvgIpc) is 3.94. The van der Waals surface area contributed by atoms with Crippen LogP contribution in [0.4, 0.5) is 0 Å². The van der Waals surface area contributed by atoms with Crippen molar-refractivity contribution in [3.63, 3.8) is 0 Å². The van der Waals surface area contributed by atoms with Crippen LogP contribution < -0.4 is 0 Å². The molecule has 0 aliphatic heterocycles. The van der Waals surface area contributed by atoms with Crippen LogP contribution in [-0.4, -0.2) is 61.9 Å². The highest BCUT2D eigenvalue weighted by Gasteiger charge is 2.34. The summed E-state index contributed by atoms with van der Waals surface area (Å²) in [6, 6.07) is 31.4. The van der Waals surface area contributed by atoms with Crippen LogP contribution in [0.2, 0.25) is 0 Å². The molecule has 3 N–H and O–H groups in total. The quantitative estimate of drug-likeness (QED) is 0.115. The molecular formula is C33H30N12S3. The topological polar surface area (TPSA) is 163 Å². The Morgan fingerprint density at radius 2 is 0.688 bits per heavy atom. The van der Waals surface area contributed by atoms with Crippen LogP contribution in [0, 0.1) is 20.8 Å². The summed E-state index contributed by atoms with van der Waals surface area (Å²) in [4.78, 5) is 0. The number of aromatic amines is 3. The molecule has 15 heteroatoms. The third-order valence-electron chi connectivity index (χ3n) is 8.17. The van der Waals surface area contributed by atoms with Crippen molar-refractivity contribution in [2.75, 3.05) is 0 Å². The third-order valence-corrected chi connectivity index (χ3v) is 11.5. The number of rotatable bonds is 12. The largest absolute Gasteiger partial charge is 0.231 e. The van der Waals surface area contributed by atoms with Gasteiger partial charge in [-0.3, -0.25) is 0 Å². The van der Waals surface area contributed by atoms with Crippen molar-refractivity contribution in [2.45, 2.75) is 52.0 Å². The van der Waals surface area contributed by atoms with Gasteiger partial charge in [0.2, 0.25) is 15.5 Å². The Morgan fingerprint density at radius 3 is 0.917 bits per heavy atom. The van der Waals surface area contributed by atoms with E-state index < -0.39 is 0 Å². The molecule has 3 atom stereocenters. The monoisotopic (exact) mass is 690 g/mol. The Hall–Kier alpha value is -4.86. The lowest BCUT2D eigenvalue weighted by Crippen LogP contribution is -2.15. The summed E-state index contributed by atoms with van der Waals surface area (Å²) >= 11 is 4.71. The fraction of sp³-hybridized carbons (Fsp3) is 0.182. The number of hydrogen-bond acceptors (Lipinski definition) is 12. The molecule has 3 aromatic heterocycles. The van der Waals surface area contributed by atoms with Gasteiger partial charge in [-0.05, 0) is 86.5 Å². The van der Waals surface area contributed by atoms with E-state index in [9.17, 15) is 0 Å². The van der Waals surface area contributed by atoms with Crippen LogP contribution in [0.3, 0.4) is 0 Å². The first-order chi connectivity index (χ1) is 23.6. The maximum Gasteiger partial charge on any atom is 0.231 e. The van der Waals surface area contributed by atoms with Gasteiger partial charge in [0, 0.05) is 0 Å². The molecule has 0 aliphatic rings. The van der Waals surface area contributed by atoms with Gasteiger partial charge >= 0.3 is 0 Å². The molecule has 0 aliphatic carbocycles. The van der Waals surface area contributed by atoms with Crippen molar-refractivity contribution >= 4 is 35.3 Å². The second-order valence-corrected chi connectivity index (χ2v) is 14.1. The molecule has 0 amide bonds. The molecule has 0 bridgehead atoms. The van der Waals surface area contributed by atoms with E-state index in [0.29, 0.717) is 15.5 Å². The second-order valence-electron chi connectivity index (χ2n) is 10.9. The maximum absolute atomic E-state index is 4.35. The molecule has 48 heavy (non-hydrogen) atoms. The molecule has 4 aromatic carbocycles. The highest BCUT2D eigenvalue weighted by Crippen LogP contribution is 2.52. The van der Waals surface area contributed by atoms with E-state index in [2.05, 4.69) is 155 Å². The molecule has 3 heterocycles. The van der Waals surface area contributed by atoms with Gasteiger partial charge in [0.15, 0.2) is 0 Å². The Balaban J connectivity index is 1.53. The van der Waals surface area contributed by atoms with E-state index in [1.807, 2.05) is 18.2 Å². The zero-order chi connectivity index (χ0) is 32.9. The number of hydrogen-bond donors (Lipinski definition) is 3. The standard InChI is InChI=1S/C33H30N12S3/c1-19-25(28(22-13-7-4-8-14-22)46-31-34-40-41-35-31)20(2)27(30(24-17-11-6-12-18-24)48-33-38-44-45-39-33)21(3)26(19)29(23-15-9-5-10-16-23)47-32-36-42-43-37-32/h4-18,28-30H,1-3H3,(H,34,35,40,41)(H,36,37,42,43)(H,38,39,44,45). The first-order valence-corrected chi connectivity index (χ1v) is 17.7. The highest BCUT2D eigenvalue weighted by atomic mass is 32.2. The molecule has 3 unspecified atom stereocenters. The summed E-state index contributed by atoms with van der Waals surface area (Å²) in [5, 5.41) is 46.8. The summed E-state index contributed by atoms with van der Waals surface area (Å²) in [5.74, 6) is 0. The zero-order valence-corrected chi connectivity index (χ0v) is 28.6. The minimum atomic E-state index is -0.153. The van der Waals surface area contributed by atoms with Crippen molar-refractivity contribution in [3.8, 4) is 0 Å². The van der Waals surface area contributed by atoms with E-state index >= 15 is 0 Å². The predicted molar refractivity (Wildman–Crippen MR) is 186 cm³/mol. The predicted octanol–water partition coefficient (Wildman–Crippen LogP) is 6.80. The number of nitrogens with one attached hydrogen (secondary N) is 3. The van der Waals surface area contributed by atoms with Gasteiger partial charge in [0.05, 0.1) is 15.7 Å². The summed E-state index contributed by atoms with van der Waals surface area (Å²) in [5.41, 5.74) is 10.4.